The van der Waals surface area contributed by atoms with Crippen molar-refractivity contribution in [2.45, 2.75) is 20.4 Å². The average Bonchev–Trinajstić information content (AvgIpc) is 3.06. The molecule has 0 saturated heterocycles. The largest absolute Gasteiger partial charge is 2.00 e. The minimum absolute atomic E-state index is 0. The zero-order valence-electron chi connectivity index (χ0n) is 11.2. The summed E-state index contributed by atoms with van der Waals surface area (Å²) >= 11 is 0. The van der Waals surface area contributed by atoms with Crippen LogP contribution in [-0.4, -0.2) is 9.78 Å². The molecule has 0 atom stereocenters. The average molecular weight is 294 g/mol. The molecule has 0 radical (unpaired) electrons. The number of nitrogens with zero attached hydrogens (tertiary/aromatic N) is 2. The summed E-state index contributed by atoms with van der Waals surface area (Å²) in [5, 5.41) is 4.40. The number of rotatable bonds is 2. The van der Waals surface area contributed by atoms with Gasteiger partial charge in [-0.25, -0.2) is 24.3 Å². The third-order valence-electron chi connectivity index (χ3n) is 2.72. The van der Waals surface area contributed by atoms with Gasteiger partial charge in [0.25, 0.3) is 0 Å². The summed E-state index contributed by atoms with van der Waals surface area (Å²) in [7, 11) is 0. The van der Waals surface area contributed by atoms with Crippen molar-refractivity contribution in [1.29, 1.82) is 0 Å². The molecule has 100 valence electrons. The minimum atomic E-state index is 0. The standard InChI is InChI=1S/C11H13N2.C5H5.Fe/c1-9-7-10(2)13(12-9)8-11-5-3-4-6-11;1-2-4-5-3-1;/h3-7H,8H2,1-2H3;1-5H;/q2*-1;+2. The van der Waals surface area contributed by atoms with Crippen LogP contribution >= 0.6 is 0 Å². The summed E-state index contributed by atoms with van der Waals surface area (Å²) in [5.41, 5.74) is 3.62. The molecule has 0 bridgehead atoms. The van der Waals surface area contributed by atoms with Gasteiger partial charge in [-0.05, 0) is 19.9 Å². The van der Waals surface area contributed by atoms with Gasteiger partial charge in [0.2, 0.25) is 0 Å². The molecule has 0 amide bonds. The number of hydrogen-bond donors (Lipinski definition) is 0. The third kappa shape index (κ3) is 4.90. The zero-order chi connectivity index (χ0) is 12.8. The van der Waals surface area contributed by atoms with Gasteiger partial charge in [-0.2, -0.15) is 35.4 Å². The molecule has 0 spiro atoms. The van der Waals surface area contributed by atoms with Crippen molar-refractivity contribution in [3.8, 4) is 0 Å². The van der Waals surface area contributed by atoms with Crippen molar-refractivity contribution in [1.82, 2.24) is 9.78 Å². The molecular weight excluding hydrogens is 276 g/mol. The van der Waals surface area contributed by atoms with Crippen molar-refractivity contribution in [2.24, 2.45) is 0 Å². The maximum atomic E-state index is 4.40. The van der Waals surface area contributed by atoms with E-state index in [1.54, 1.807) is 0 Å². The van der Waals surface area contributed by atoms with E-state index in [1.807, 2.05) is 41.9 Å². The van der Waals surface area contributed by atoms with Crippen molar-refractivity contribution in [2.75, 3.05) is 0 Å². The quantitative estimate of drug-likeness (QED) is 0.521. The van der Waals surface area contributed by atoms with E-state index in [2.05, 4.69) is 42.4 Å². The molecule has 0 aliphatic rings. The summed E-state index contributed by atoms with van der Waals surface area (Å²) in [6.45, 7) is 4.99. The Hall–Kier alpha value is -1.57. The van der Waals surface area contributed by atoms with Gasteiger partial charge in [-0.3, -0.25) is 4.68 Å². The number of aryl methyl sites for hydroxylation is 2. The van der Waals surface area contributed by atoms with Crippen LogP contribution < -0.4 is 0 Å². The van der Waals surface area contributed by atoms with Crippen LogP contribution in [0.4, 0.5) is 0 Å². The Labute approximate surface area is 125 Å². The summed E-state index contributed by atoms with van der Waals surface area (Å²) in [6, 6.07) is 20.5. The Morgan fingerprint density at radius 3 is 2.16 bits per heavy atom. The van der Waals surface area contributed by atoms with Crippen LogP contribution in [0, 0.1) is 13.8 Å². The Kier molecular flexibility index (Phi) is 6.34. The fourth-order valence-electron chi connectivity index (χ4n) is 1.85. The second-order valence-electron chi connectivity index (χ2n) is 4.34. The van der Waals surface area contributed by atoms with Crippen molar-refractivity contribution < 1.29 is 17.1 Å². The molecule has 1 aromatic heterocycles. The van der Waals surface area contributed by atoms with Gasteiger partial charge in [-0.1, -0.05) is 0 Å². The normalized spacial score (nSPS) is 9.37. The molecule has 0 N–H and O–H groups in total. The molecule has 19 heavy (non-hydrogen) atoms. The summed E-state index contributed by atoms with van der Waals surface area (Å²) in [4.78, 5) is 0. The van der Waals surface area contributed by atoms with Crippen LogP contribution in [0.3, 0.4) is 0 Å². The van der Waals surface area contributed by atoms with E-state index in [9.17, 15) is 0 Å². The van der Waals surface area contributed by atoms with Crippen LogP contribution in [0.2, 0.25) is 0 Å². The molecule has 3 rings (SSSR count). The number of hydrogen-bond acceptors (Lipinski definition) is 1. The van der Waals surface area contributed by atoms with Gasteiger partial charge in [0.05, 0.1) is 5.69 Å². The fourth-order valence-corrected chi connectivity index (χ4v) is 1.85. The van der Waals surface area contributed by atoms with Crippen molar-refractivity contribution >= 4 is 0 Å². The van der Waals surface area contributed by atoms with Crippen LogP contribution in [0.1, 0.15) is 17.0 Å². The second kappa shape index (κ2) is 7.77. The van der Waals surface area contributed by atoms with E-state index >= 15 is 0 Å². The van der Waals surface area contributed by atoms with Gasteiger partial charge >= 0.3 is 17.1 Å². The van der Waals surface area contributed by atoms with E-state index in [0.717, 1.165) is 12.2 Å². The predicted molar refractivity (Wildman–Crippen MR) is 74.9 cm³/mol. The van der Waals surface area contributed by atoms with E-state index < -0.39 is 0 Å². The maximum Gasteiger partial charge on any atom is 2.00 e. The van der Waals surface area contributed by atoms with Gasteiger partial charge in [0, 0.05) is 12.2 Å². The third-order valence-corrected chi connectivity index (χ3v) is 2.72. The van der Waals surface area contributed by atoms with Crippen molar-refractivity contribution in [3.63, 3.8) is 0 Å². The molecule has 3 heteroatoms. The maximum absolute atomic E-state index is 4.40. The van der Waals surface area contributed by atoms with Gasteiger partial charge < -0.3 is 0 Å². The van der Waals surface area contributed by atoms with E-state index in [0.29, 0.717) is 0 Å². The monoisotopic (exact) mass is 294 g/mol. The molecule has 1 heterocycles. The fraction of sp³-hybridized carbons (Fsp3) is 0.188. The predicted octanol–water partition coefficient (Wildman–Crippen LogP) is 3.67. The zero-order valence-corrected chi connectivity index (χ0v) is 12.3. The Morgan fingerprint density at radius 1 is 1.11 bits per heavy atom. The number of aromatic nitrogens is 2. The Bertz CT molecular complexity index is 530. The first-order valence-corrected chi connectivity index (χ1v) is 6.14. The molecule has 0 saturated carbocycles. The molecular formula is C16H18FeN2. The van der Waals surface area contributed by atoms with Gasteiger partial charge in [0.15, 0.2) is 0 Å². The SMILES string of the molecule is Cc1cc(C)n(C[c-]2cccc2)n1.[Fe+2].c1cc[cH-]c1. The second-order valence-corrected chi connectivity index (χ2v) is 4.34. The van der Waals surface area contributed by atoms with Gasteiger partial charge in [0.1, 0.15) is 0 Å². The van der Waals surface area contributed by atoms with Crippen LogP contribution in [0.25, 0.3) is 0 Å². The summed E-state index contributed by atoms with van der Waals surface area (Å²) in [6.07, 6.45) is 0. The Balaban J connectivity index is 0.000000256. The van der Waals surface area contributed by atoms with Crippen LogP contribution in [0.15, 0.2) is 60.7 Å². The molecule has 2 nitrogen and oxygen atoms in total. The molecule has 2 aromatic carbocycles. The van der Waals surface area contributed by atoms with E-state index in [4.69, 9.17) is 0 Å². The summed E-state index contributed by atoms with van der Waals surface area (Å²) < 4.78 is 2.03. The smallest absolute Gasteiger partial charge is 0.277 e. The molecule has 3 aromatic rings. The molecule has 0 fully saturated rings. The first-order chi connectivity index (χ1) is 8.75. The van der Waals surface area contributed by atoms with Gasteiger partial charge in [-0.15, -0.1) is 5.56 Å². The topological polar surface area (TPSA) is 17.8 Å². The first kappa shape index (κ1) is 15.5. The Morgan fingerprint density at radius 2 is 1.74 bits per heavy atom. The first-order valence-electron chi connectivity index (χ1n) is 6.14. The summed E-state index contributed by atoms with van der Waals surface area (Å²) in [5.74, 6) is 0. The molecule has 0 aliphatic heterocycles. The van der Waals surface area contributed by atoms with Crippen LogP contribution in [0.5, 0.6) is 0 Å². The van der Waals surface area contributed by atoms with E-state index in [-0.39, 0.29) is 17.1 Å². The van der Waals surface area contributed by atoms with Crippen molar-refractivity contribution in [3.05, 3.63) is 77.6 Å². The van der Waals surface area contributed by atoms with Crippen LogP contribution in [-0.2, 0) is 23.6 Å². The van der Waals surface area contributed by atoms with E-state index in [1.165, 1.54) is 11.3 Å². The molecule has 0 aliphatic carbocycles. The molecule has 0 unspecified atom stereocenters. The minimum Gasteiger partial charge on any atom is -0.277 e.